The molecule has 1 aromatic carbocycles. The van der Waals surface area contributed by atoms with Crippen LogP contribution < -0.4 is 16.0 Å². The third-order valence-corrected chi connectivity index (χ3v) is 6.52. The lowest BCUT2D eigenvalue weighted by molar-refractivity contribution is -0.139. The quantitative estimate of drug-likeness (QED) is 0.473. The maximum absolute atomic E-state index is 12.4. The second kappa shape index (κ2) is 10.9. The summed E-state index contributed by atoms with van der Waals surface area (Å²) in [5, 5.41) is 17.4. The van der Waals surface area contributed by atoms with E-state index >= 15 is 0 Å². The number of nitrogens with one attached hydrogen (secondary N) is 3. The number of hydrogen-bond donors (Lipinski definition) is 4. The van der Waals surface area contributed by atoms with Crippen LogP contribution in [-0.2, 0) is 4.79 Å². The molecule has 0 aliphatic heterocycles. The van der Waals surface area contributed by atoms with Gasteiger partial charge in [0.05, 0.1) is 22.2 Å². The molecule has 4 N–H and O–H groups in total. The van der Waals surface area contributed by atoms with Gasteiger partial charge in [0, 0.05) is 6.04 Å². The van der Waals surface area contributed by atoms with Crippen LogP contribution in [0.1, 0.15) is 50.4 Å². The van der Waals surface area contributed by atoms with Gasteiger partial charge in [-0.05, 0) is 49.7 Å². The van der Waals surface area contributed by atoms with Crippen molar-refractivity contribution in [2.24, 2.45) is 17.8 Å². The Labute approximate surface area is 186 Å². The minimum absolute atomic E-state index is 0.00947. The molecule has 0 saturated heterocycles. The molecule has 166 valence electrons. The first-order chi connectivity index (χ1) is 14.1. The van der Waals surface area contributed by atoms with Crippen LogP contribution in [0.2, 0.25) is 10.0 Å². The summed E-state index contributed by atoms with van der Waals surface area (Å²) in [6, 6.07) is 2.68. The van der Waals surface area contributed by atoms with Crippen molar-refractivity contribution in [3.63, 3.8) is 0 Å². The molecule has 1 aliphatic rings. The van der Waals surface area contributed by atoms with Crippen LogP contribution in [0, 0.1) is 17.8 Å². The molecule has 1 aliphatic carbocycles. The van der Waals surface area contributed by atoms with Gasteiger partial charge in [0.2, 0.25) is 0 Å². The molecule has 0 bridgehead atoms. The van der Waals surface area contributed by atoms with Gasteiger partial charge in [-0.2, -0.15) is 0 Å². The lowest BCUT2D eigenvalue weighted by Crippen LogP contribution is -2.52. The lowest BCUT2D eigenvalue weighted by atomic mass is 9.86. The highest BCUT2D eigenvalue weighted by Crippen LogP contribution is 2.36. The summed E-state index contributed by atoms with van der Waals surface area (Å²) < 4.78 is 0. The van der Waals surface area contributed by atoms with E-state index in [1.165, 1.54) is 18.6 Å². The van der Waals surface area contributed by atoms with E-state index in [1.807, 2.05) is 6.92 Å². The van der Waals surface area contributed by atoms with E-state index in [0.717, 1.165) is 12.8 Å². The number of carbonyl (C=O) groups excluding carboxylic acids is 2. The molecular weight excluding hydrogens is 429 g/mol. The average Bonchev–Trinajstić information content (AvgIpc) is 3.10. The first kappa shape index (κ1) is 24.3. The Kier molecular flexibility index (Phi) is 8.79. The van der Waals surface area contributed by atoms with E-state index in [1.54, 1.807) is 6.07 Å². The van der Waals surface area contributed by atoms with E-state index in [9.17, 15) is 19.5 Å². The Hall–Kier alpha value is -1.99. The maximum Gasteiger partial charge on any atom is 0.328 e. The summed E-state index contributed by atoms with van der Waals surface area (Å²) in [4.78, 5) is 36.2. The third-order valence-electron chi connectivity index (χ3n) is 5.89. The van der Waals surface area contributed by atoms with Crippen LogP contribution >= 0.6 is 23.2 Å². The number of amides is 3. The third kappa shape index (κ3) is 6.51. The highest BCUT2D eigenvalue weighted by atomic mass is 35.5. The predicted molar refractivity (Wildman–Crippen MR) is 117 cm³/mol. The van der Waals surface area contributed by atoms with Gasteiger partial charge >= 0.3 is 12.0 Å². The molecule has 2 rings (SSSR count). The molecule has 1 fully saturated rings. The summed E-state index contributed by atoms with van der Waals surface area (Å²) >= 11 is 12.0. The molecule has 5 unspecified atom stereocenters. The first-order valence-corrected chi connectivity index (χ1v) is 10.9. The van der Waals surface area contributed by atoms with E-state index in [-0.39, 0.29) is 28.2 Å². The summed E-state index contributed by atoms with van der Waals surface area (Å²) in [5.74, 6) is -0.407. The van der Waals surface area contributed by atoms with Crippen molar-refractivity contribution < 1.29 is 19.5 Å². The van der Waals surface area contributed by atoms with Gasteiger partial charge in [-0.25, -0.2) is 9.59 Å². The number of carboxylic acid groups (broad SMARTS) is 1. The molecular formula is C21H29Cl2N3O4. The molecule has 0 spiro atoms. The van der Waals surface area contributed by atoms with Gasteiger partial charge in [-0.1, -0.05) is 49.5 Å². The topological polar surface area (TPSA) is 108 Å². The van der Waals surface area contributed by atoms with Gasteiger partial charge in [0.25, 0.3) is 5.91 Å². The van der Waals surface area contributed by atoms with Crippen LogP contribution in [0.4, 0.5) is 4.79 Å². The number of benzene rings is 1. The van der Waals surface area contributed by atoms with Crippen molar-refractivity contribution in [3.8, 4) is 0 Å². The number of urea groups is 1. The zero-order valence-corrected chi connectivity index (χ0v) is 18.9. The minimum atomic E-state index is -1.33. The Balaban J connectivity index is 1.88. The SMILES string of the molecule is CC1CCC(C(C)C(C)NC(=O)NCC(NC(=O)c2c(Cl)cccc2Cl)C(=O)O)C1. The standard InChI is InChI=1S/C21H29Cl2N3O4/c1-11-7-8-14(9-11)12(2)13(3)25-21(30)24-10-17(20(28)29)26-19(27)18-15(22)5-4-6-16(18)23/h4-6,11-14,17H,7-10H2,1-3H3,(H,26,27)(H,28,29)(H2,24,25,30). The number of hydrogen-bond acceptors (Lipinski definition) is 3. The van der Waals surface area contributed by atoms with Crippen molar-refractivity contribution in [2.75, 3.05) is 6.54 Å². The summed E-state index contributed by atoms with van der Waals surface area (Å²) in [6.45, 7) is 6.04. The highest BCUT2D eigenvalue weighted by Gasteiger charge is 2.30. The molecule has 9 heteroatoms. The first-order valence-electron chi connectivity index (χ1n) is 10.1. The van der Waals surface area contributed by atoms with Gasteiger partial charge < -0.3 is 21.1 Å². The molecule has 5 atom stereocenters. The molecule has 3 amide bonds. The van der Waals surface area contributed by atoms with E-state index < -0.39 is 23.9 Å². The lowest BCUT2D eigenvalue weighted by Gasteiger charge is -2.27. The number of carboxylic acids is 1. The van der Waals surface area contributed by atoms with Crippen molar-refractivity contribution >= 4 is 41.1 Å². The fourth-order valence-electron chi connectivity index (χ4n) is 3.87. The van der Waals surface area contributed by atoms with Crippen LogP contribution in [0.15, 0.2) is 18.2 Å². The summed E-state index contributed by atoms with van der Waals surface area (Å²) in [5.41, 5.74) is -0.00947. The molecule has 1 aromatic rings. The van der Waals surface area contributed by atoms with Crippen LogP contribution in [0.25, 0.3) is 0 Å². The minimum Gasteiger partial charge on any atom is -0.480 e. The normalized spacial score (nSPS) is 21.4. The highest BCUT2D eigenvalue weighted by molar-refractivity contribution is 6.39. The fourth-order valence-corrected chi connectivity index (χ4v) is 4.44. The summed E-state index contributed by atoms with van der Waals surface area (Å²) in [7, 11) is 0. The molecule has 7 nitrogen and oxygen atoms in total. The summed E-state index contributed by atoms with van der Waals surface area (Å²) in [6.07, 6.45) is 3.53. The monoisotopic (exact) mass is 457 g/mol. The van der Waals surface area contributed by atoms with Crippen molar-refractivity contribution in [1.29, 1.82) is 0 Å². The van der Waals surface area contributed by atoms with Crippen molar-refractivity contribution in [1.82, 2.24) is 16.0 Å². The fraction of sp³-hybridized carbons (Fsp3) is 0.571. The van der Waals surface area contributed by atoms with Gasteiger partial charge in [0.1, 0.15) is 6.04 Å². The number of aliphatic carboxylic acids is 1. The Bertz CT molecular complexity index is 769. The molecule has 0 radical (unpaired) electrons. The zero-order valence-electron chi connectivity index (χ0n) is 17.4. The Morgan fingerprint density at radius 2 is 1.77 bits per heavy atom. The molecule has 0 heterocycles. The maximum atomic E-state index is 12.4. The Morgan fingerprint density at radius 1 is 1.13 bits per heavy atom. The Morgan fingerprint density at radius 3 is 2.30 bits per heavy atom. The second-order valence-electron chi connectivity index (χ2n) is 8.14. The second-order valence-corrected chi connectivity index (χ2v) is 8.96. The number of halogens is 2. The van der Waals surface area contributed by atoms with Crippen molar-refractivity contribution in [3.05, 3.63) is 33.8 Å². The largest absolute Gasteiger partial charge is 0.480 e. The smallest absolute Gasteiger partial charge is 0.328 e. The van der Waals surface area contributed by atoms with E-state index in [2.05, 4.69) is 29.8 Å². The number of carbonyl (C=O) groups is 3. The number of rotatable bonds is 8. The van der Waals surface area contributed by atoms with Crippen LogP contribution in [0.5, 0.6) is 0 Å². The van der Waals surface area contributed by atoms with Gasteiger partial charge in [-0.15, -0.1) is 0 Å². The average molecular weight is 458 g/mol. The van der Waals surface area contributed by atoms with Crippen LogP contribution in [0.3, 0.4) is 0 Å². The molecule has 30 heavy (non-hydrogen) atoms. The van der Waals surface area contributed by atoms with E-state index in [0.29, 0.717) is 17.8 Å². The predicted octanol–water partition coefficient (Wildman–Crippen LogP) is 3.94. The molecule has 0 aromatic heterocycles. The molecule has 1 saturated carbocycles. The van der Waals surface area contributed by atoms with Crippen LogP contribution in [-0.4, -0.2) is 41.6 Å². The zero-order chi connectivity index (χ0) is 22.4. The van der Waals surface area contributed by atoms with Gasteiger partial charge in [0.15, 0.2) is 0 Å². The van der Waals surface area contributed by atoms with E-state index in [4.69, 9.17) is 23.2 Å². The van der Waals surface area contributed by atoms with Gasteiger partial charge in [-0.3, -0.25) is 4.79 Å². The van der Waals surface area contributed by atoms with Crippen molar-refractivity contribution in [2.45, 2.75) is 52.1 Å².